The quantitative estimate of drug-likeness (QED) is 0.940. The second kappa shape index (κ2) is 4.65. The van der Waals surface area contributed by atoms with Crippen LogP contribution in [0.1, 0.15) is 11.4 Å². The first-order valence-electron chi connectivity index (χ1n) is 4.99. The topological polar surface area (TPSA) is 42.7 Å². The third-order valence-corrected chi connectivity index (χ3v) is 2.92. The second-order valence-corrected chi connectivity index (χ2v) is 4.53. The summed E-state index contributed by atoms with van der Waals surface area (Å²) in [6.45, 7) is 2.75. The smallest absolute Gasteiger partial charge is 0.145 e. The van der Waals surface area contributed by atoms with Gasteiger partial charge < -0.3 is 5.32 Å². The molecule has 16 heavy (non-hydrogen) atoms. The first kappa shape index (κ1) is 11.1. The molecule has 0 fully saturated rings. The van der Waals surface area contributed by atoms with Crippen LogP contribution in [0.4, 0.5) is 5.69 Å². The fourth-order valence-electron chi connectivity index (χ4n) is 1.48. The van der Waals surface area contributed by atoms with Gasteiger partial charge in [0.2, 0.25) is 0 Å². The molecule has 4 nitrogen and oxygen atoms in total. The molecule has 84 valence electrons. The Morgan fingerprint density at radius 1 is 1.44 bits per heavy atom. The van der Waals surface area contributed by atoms with E-state index in [4.69, 9.17) is 0 Å². The first-order valence-corrected chi connectivity index (χ1v) is 5.79. The number of aromatic nitrogens is 3. The Morgan fingerprint density at radius 3 is 2.88 bits per heavy atom. The van der Waals surface area contributed by atoms with Crippen molar-refractivity contribution in [1.29, 1.82) is 0 Å². The van der Waals surface area contributed by atoms with Crippen LogP contribution >= 0.6 is 15.9 Å². The van der Waals surface area contributed by atoms with Gasteiger partial charge in [0.1, 0.15) is 12.2 Å². The minimum atomic E-state index is 0.680. The summed E-state index contributed by atoms with van der Waals surface area (Å²) in [7, 11) is 1.89. The maximum atomic E-state index is 4.16. The van der Waals surface area contributed by atoms with E-state index < -0.39 is 0 Å². The highest BCUT2D eigenvalue weighted by Crippen LogP contribution is 2.20. The molecule has 0 aliphatic carbocycles. The zero-order valence-electron chi connectivity index (χ0n) is 9.24. The van der Waals surface area contributed by atoms with E-state index in [1.54, 1.807) is 11.0 Å². The van der Waals surface area contributed by atoms with Crippen molar-refractivity contribution in [2.45, 2.75) is 13.5 Å². The van der Waals surface area contributed by atoms with Crippen LogP contribution in [0.3, 0.4) is 0 Å². The van der Waals surface area contributed by atoms with Gasteiger partial charge in [-0.15, -0.1) is 0 Å². The van der Waals surface area contributed by atoms with Crippen molar-refractivity contribution in [3.8, 4) is 0 Å². The van der Waals surface area contributed by atoms with E-state index >= 15 is 0 Å². The SMILES string of the molecule is Cc1cc(Br)ccc1NCc1ncnn1C. The zero-order chi connectivity index (χ0) is 11.5. The van der Waals surface area contributed by atoms with E-state index in [9.17, 15) is 0 Å². The molecule has 0 spiro atoms. The number of rotatable bonds is 3. The van der Waals surface area contributed by atoms with Gasteiger partial charge in [0.15, 0.2) is 0 Å². The van der Waals surface area contributed by atoms with Gasteiger partial charge in [-0.05, 0) is 30.7 Å². The molecule has 0 saturated carbocycles. The van der Waals surface area contributed by atoms with E-state index in [2.05, 4.69) is 50.4 Å². The molecule has 0 saturated heterocycles. The molecular formula is C11H13BrN4. The molecule has 1 aromatic heterocycles. The maximum Gasteiger partial charge on any atom is 0.145 e. The number of hydrogen-bond donors (Lipinski definition) is 1. The lowest BCUT2D eigenvalue weighted by atomic mass is 10.2. The van der Waals surface area contributed by atoms with Crippen molar-refractivity contribution in [2.24, 2.45) is 7.05 Å². The van der Waals surface area contributed by atoms with E-state index in [0.717, 1.165) is 16.0 Å². The fraction of sp³-hybridized carbons (Fsp3) is 0.273. The van der Waals surface area contributed by atoms with E-state index in [1.807, 2.05) is 13.1 Å². The lowest BCUT2D eigenvalue weighted by Crippen LogP contribution is -2.07. The molecule has 0 aliphatic rings. The van der Waals surface area contributed by atoms with Crippen LogP contribution in [-0.4, -0.2) is 14.8 Å². The minimum absolute atomic E-state index is 0.680. The summed E-state index contributed by atoms with van der Waals surface area (Å²) in [5, 5.41) is 7.36. The third-order valence-electron chi connectivity index (χ3n) is 2.43. The summed E-state index contributed by atoms with van der Waals surface area (Å²) in [4.78, 5) is 4.16. The molecule has 0 unspecified atom stereocenters. The summed E-state index contributed by atoms with van der Waals surface area (Å²) in [5.74, 6) is 0.919. The average molecular weight is 281 g/mol. The van der Waals surface area contributed by atoms with Crippen molar-refractivity contribution in [2.75, 3.05) is 5.32 Å². The molecule has 0 bridgehead atoms. The largest absolute Gasteiger partial charge is 0.378 e. The van der Waals surface area contributed by atoms with Crippen LogP contribution in [0.5, 0.6) is 0 Å². The highest BCUT2D eigenvalue weighted by Gasteiger charge is 2.02. The van der Waals surface area contributed by atoms with Crippen LogP contribution in [0.25, 0.3) is 0 Å². The van der Waals surface area contributed by atoms with Crippen molar-refractivity contribution >= 4 is 21.6 Å². The standard InChI is InChI=1S/C11H13BrN4/c1-8-5-9(12)3-4-10(8)13-6-11-14-7-15-16(11)2/h3-5,7,13H,6H2,1-2H3. The minimum Gasteiger partial charge on any atom is -0.378 e. The maximum absolute atomic E-state index is 4.16. The van der Waals surface area contributed by atoms with Gasteiger partial charge in [0.25, 0.3) is 0 Å². The van der Waals surface area contributed by atoms with Gasteiger partial charge in [0, 0.05) is 17.2 Å². The third kappa shape index (κ3) is 2.41. The van der Waals surface area contributed by atoms with Crippen molar-refractivity contribution < 1.29 is 0 Å². The molecule has 1 heterocycles. The Bertz CT molecular complexity index is 492. The summed E-state index contributed by atoms with van der Waals surface area (Å²) in [6.07, 6.45) is 1.56. The van der Waals surface area contributed by atoms with Gasteiger partial charge >= 0.3 is 0 Å². The molecule has 1 aromatic carbocycles. The van der Waals surface area contributed by atoms with Crippen LogP contribution in [0.15, 0.2) is 29.0 Å². The lowest BCUT2D eigenvalue weighted by Gasteiger charge is -2.09. The number of hydrogen-bond acceptors (Lipinski definition) is 3. The summed E-state index contributed by atoms with van der Waals surface area (Å²) >= 11 is 3.44. The average Bonchev–Trinajstić information content (AvgIpc) is 2.63. The highest BCUT2D eigenvalue weighted by molar-refractivity contribution is 9.10. The second-order valence-electron chi connectivity index (χ2n) is 3.61. The van der Waals surface area contributed by atoms with E-state index in [0.29, 0.717) is 6.54 Å². The molecule has 2 aromatic rings. The molecule has 0 atom stereocenters. The van der Waals surface area contributed by atoms with Gasteiger partial charge in [-0.2, -0.15) is 5.10 Å². The number of nitrogens with one attached hydrogen (secondary N) is 1. The Hall–Kier alpha value is -1.36. The van der Waals surface area contributed by atoms with Gasteiger partial charge in [-0.1, -0.05) is 15.9 Å². The van der Waals surface area contributed by atoms with Crippen molar-refractivity contribution in [3.05, 3.63) is 40.4 Å². The normalized spacial score (nSPS) is 10.4. The monoisotopic (exact) mass is 280 g/mol. The lowest BCUT2D eigenvalue weighted by molar-refractivity contribution is 0.712. The van der Waals surface area contributed by atoms with Gasteiger partial charge in [0.05, 0.1) is 6.54 Å². The number of anilines is 1. The summed E-state index contributed by atoms with van der Waals surface area (Å²) < 4.78 is 2.86. The fourth-order valence-corrected chi connectivity index (χ4v) is 1.96. The van der Waals surface area contributed by atoms with Crippen molar-refractivity contribution in [3.63, 3.8) is 0 Å². The molecule has 0 aliphatic heterocycles. The Labute approximate surface area is 103 Å². The number of benzene rings is 1. The molecule has 2 rings (SSSR count). The Balaban J connectivity index is 2.08. The van der Waals surface area contributed by atoms with Gasteiger partial charge in [-0.3, -0.25) is 4.68 Å². The van der Waals surface area contributed by atoms with Crippen LogP contribution < -0.4 is 5.32 Å². The molecule has 5 heteroatoms. The Kier molecular flexibility index (Phi) is 3.24. The first-order chi connectivity index (χ1) is 7.66. The summed E-state index contributed by atoms with van der Waals surface area (Å²) in [5.41, 5.74) is 2.32. The number of nitrogens with zero attached hydrogens (tertiary/aromatic N) is 3. The zero-order valence-corrected chi connectivity index (χ0v) is 10.8. The van der Waals surface area contributed by atoms with Gasteiger partial charge in [-0.25, -0.2) is 4.98 Å². The molecule has 0 radical (unpaired) electrons. The highest BCUT2D eigenvalue weighted by atomic mass is 79.9. The predicted molar refractivity (Wildman–Crippen MR) is 67.2 cm³/mol. The van der Waals surface area contributed by atoms with Crippen LogP contribution in [0.2, 0.25) is 0 Å². The van der Waals surface area contributed by atoms with E-state index in [1.165, 1.54) is 5.56 Å². The molecule has 0 amide bonds. The molecular weight excluding hydrogens is 268 g/mol. The molecule has 1 N–H and O–H groups in total. The van der Waals surface area contributed by atoms with Crippen LogP contribution in [0, 0.1) is 6.92 Å². The van der Waals surface area contributed by atoms with E-state index in [-0.39, 0.29) is 0 Å². The Morgan fingerprint density at radius 2 is 2.25 bits per heavy atom. The van der Waals surface area contributed by atoms with Crippen molar-refractivity contribution in [1.82, 2.24) is 14.8 Å². The number of aryl methyl sites for hydroxylation is 2. The predicted octanol–water partition coefficient (Wildman–Crippen LogP) is 2.50. The summed E-state index contributed by atoms with van der Waals surface area (Å²) in [6, 6.07) is 6.15. The number of halogens is 1. The van der Waals surface area contributed by atoms with Crippen LogP contribution in [-0.2, 0) is 13.6 Å².